The van der Waals surface area contributed by atoms with Gasteiger partial charge in [0.15, 0.2) is 0 Å². The van der Waals surface area contributed by atoms with E-state index in [-0.39, 0.29) is 17.6 Å². The van der Waals surface area contributed by atoms with E-state index in [1.54, 1.807) is 0 Å². The Bertz CT molecular complexity index is 1440. The Balaban J connectivity index is 1.21. The number of hydrogen-bond acceptors (Lipinski definition) is 6. The number of aromatic amines is 2. The summed E-state index contributed by atoms with van der Waals surface area (Å²) in [5.41, 5.74) is 3.52. The molecule has 37 heavy (non-hydrogen) atoms. The molecule has 1 aliphatic carbocycles. The van der Waals surface area contributed by atoms with E-state index in [0.717, 1.165) is 61.4 Å². The number of aromatic nitrogens is 3. The summed E-state index contributed by atoms with van der Waals surface area (Å²) in [6.07, 6.45) is 3.74. The zero-order chi connectivity index (χ0) is 25.4. The number of likely N-dealkylation sites (N-methyl/N-ethyl adjacent to an activating group) is 1. The van der Waals surface area contributed by atoms with Gasteiger partial charge in [0.05, 0.1) is 16.8 Å². The summed E-state index contributed by atoms with van der Waals surface area (Å²) in [7, 11) is 2.08. The fourth-order valence-electron chi connectivity index (χ4n) is 4.57. The van der Waals surface area contributed by atoms with Crippen molar-refractivity contribution in [1.29, 1.82) is 0 Å². The zero-order valence-electron chi connectivity index (χ0n) is 20.6. The van der Waals surface area contributed by atoms with Crippen LogP contribution in [-0.4, -0.2) is 54.0 Å². The highest BCUT2D eigenvalue weighted by Gasteiger charge is 2.29. The molecular weight excluding hydrogens is 471 g/mol. The van der Waals surface area contributed by atoms with Crippen LogP contribution >= 0.6 is 0 Å². The summed E-state index contributed by atoms with van der Waals surface area (Å²) in [4.78, 5) is 27.6. The van der Waals surface area contributed by atoms with Crippen LogP contribution in [0, 0.1) is 11.7 Å². The number of nitrogens with one attached hydrogen (secondary N) is 5. The lowest BCUT2D eigenvalue weighted by atomic mass is 10.2. The van der Waals surface area contributed by atoms with Gasteiger partial charge in [0.1, 0.15) is 5.82 Å². The van der Waals surface area contributed by atoms with Gasteiger partial charge < -0.3 is 20.4 Å². The number of fused-ring (bicyclic) bond motifs is 1. The Labute approximate surface area is 214 Å². The third kappa shape index (κ3) is 5.19. The van der Waals surface area contributed by atoms with Gasteiger partial charge in [-0.2, -0.15) is 0 Å². The van der Waals surface area contributed by atoms with E-state index in [4.69, 9.17) is 4.98 Å². The number of amides is 1. The van der Waals surface area contributed by atoms with Gasteiger partial charge in [-0.15, -0.1) is 0 Å². The van der Waals surface area contributed by atoms with Crippen LogP contribution in [0.2, 0.25) is 0 Å². The fraction of sp³-hybridized carbons (Fsp3) is 0.296. The normalized spacial score (nSPS) is 16.1. The molecule has 1 amide bonds. The largest absolute Gasteiger partial charge is 0.367 e. The number of hydrogen-bond donors (Lipinski definition) is 4. The quantitative estimate of drug-likeness (QED) is 0.304. The van der Waals surface area contributed by atoms with E-state index in [9.17, 15) is 4.79 Å². The number of H-pyrrole nitrogens is 2. The van der Waals surface area contributed by atoms with Gasteiger partial charge in [0, 0.05) is 55.7 Å². The highest BCUT2D eigenvalue weighted by molar-refractivity contribution is 5.95. The van der Waals surface area contributed by atoms with Gasteiger partial charge in [-0.05, 0) is 56.3 Å². The molecule has 1 saturated heterocycles. The number of piperazine rings is 1. The van der Waals surface area contributed by atoms with Crippen molar-refractivity contribution in [2.24, 2.45) is 5.92 Å². The van der Waals surface area contributed by atoms with Crippen LogP contribution in [0.1, 0.15) is 12.8 Å². The first-order valence-electron chi connectivity index (χ1n) is 12.6. The molecule has 0 bridgehead atoms. The molecule has 0 atom stereocenters. The van der Waals surface area contributed by atoms with E-state index >= 15 is 4.39 Å². The van der Waals surface area contributed by atoms with Crippen LogP contribution in [-0.2, 0) is 4.79 Å². The monoisotopic (exact) mass is 501 g/mol. The molecular formula is C27H30FN8O+. The first-order chi connectivity index (χ1) is 18.0. The molecule has 2 aromatic heterocycles. The van der Waals surface area contributed by atoms with Crippen LogP contribution in [0.3, 0.4) is 0 Å². The van der Waals surface area contributed by atoms with Crippen LogP contribution in [0.5, 0.6) is 0 Å². The summed E-state index contributed by atoms with van der Waals surface area (Å²) in [5, 5.41) is 10.4. The predicted molar refractivity (Wildman–Crippen MR) is 143 cm³/mol. The Kier molecular flexibility index (Phi) is 6.09. The molecule has 4 aromatic rings. The molecule has 0 radical (unpaired) electrons. The number of carbonyl (C=O) groups is 1. The zero-order valence-corrected chi connectivity index (χ0v) is 20.6. The number of nitrogens with zero attached hydrogens (tertiary/aromatic N) is 3. The van der Waals surface area contributed by atoms with Crippen LogP contribution in [0.25, 0.3) is 11.0 Å². The number of carbonyl (C=O) groups excluding carboxylic acids is 1. The maximum atomic E-state index is 15.0. The first kappa shape index (κ1) is 23.2. The topological polar surface area (TPSA) is 102 Å². The molecule has 190 valence electrons. The minimum absolute atomic E-state index is 0.0648. The third-order valence-electron chi connectivity index (χ3n) is 6.86. The molecule has 2 fully saturated rings. The third-order valence-corrected chi connectivity index (χ3v) is 6.86. The van der Waals surface area contributed by atoms with Crippen LogP contribution < -0.4 is 25.8 Å². The first-order valence-corrected chi connectivity index (χ1v) is 12.6. The Hall–Kier alpha value is -4.18. The van der Waals surface area contributed by atoms with Crippen molar-refractivity contribution in [3.05, 3.63) is 60.5 Å². The molecule has 10 heteroatoms. The standard InChI is InChI=1S/C27H29FN8O/c1-35-11-13-36(14-12-35)23-8-7-20(16-22(23)28)32-27-33-24-21(9-10-29-24)25(34-27)30-18-3-2-4-19(15-18)31-26(37)17-5-6-17/h2-4,7-10,15-17H,5-6,11-14H2,1H3,(H,31,37)(H3,29,30,32,33,34)/p+1. The number of rotatable bonds is 7. The summed E-state index contributed by atoms with van der Waals surface area (Å²) in [6.45, 7) is 3.44. The molecule has 1 saturated carbocycles. The second-order valence-corrected chi connectivity index (χ2v) is 9.75. The minimum atomic E-state index is -0.265. The molecule has 2 aliphatic rings. The summed E-state index contributed by atoms with van der Waals surface area (Å²) >= 11 is 0. The average Bonchev–Trinajstić information content (AvgIpc) is 3.63. The average molecular weight is 502 g/mol. The second-order valence-electron chi connectivity index (χ2n) is 9.75. The fourth-order valence-corrected chi connectivity index (χ4v) is 4.57. The van der Waals surface area contributed by atoms with Gasteiger partial charge in [0.25, 0.3) is 0 Å². The maximum absolute atomic E-state index is 15.0. The van der Waals surface area contributed by atoms with Crippen molar-refractivity contribution >= 4 is 51.5 Å². The number of benzene rings is 2. The Morgan fingerprint density at radius 2 is 1.81 bits per heavy atom. The van der Waals surface area contributed by atoms with E-state index in [2.05, 4.69) is 42.8 Å². The van der Waals surface area contributed by atoms with Crippen LogP contribution in [0.4, 0.5) is 38.9 Å². The highest BCUT2D eigenvalue weighted by atomic mass is 19.1. The van der Waals surface area contributed by atoms with Gasteiger partial charge in [0.2, 0.25) is 17.4 Å². The van der Waals surface area contributed by atoms with E-state index in [1.165, 1.54) is 6.07 Å². The van der Waals surface area contributed by atoms with Crippen molar-refractivity contribution < 1.29 is 14.2 Å². The lowest BCUT2D eigenvalue weighted by Crippen LogP contribution is -2.44. The Morgan fingerprint density at radius 1 is 1.03 bits per heavy atom. The van der Waals surface area contributed by atoms with Crippen molar-refractivity contribution in [3.63, 3.8) is 0 Å². The van der Waals surface area contributed by atoms with Crippen molar-refractivity contribution in [1.82, 2.24) is 14.9 Å². The molecule has 1 aliphatic heterocycles. The molecule has 5 N–H and O–H groups in total. The molecule has 6 rings (SSSR count). The lowest BCUT2D eigenvalue weighted by molar-refractivity contribution is -0.333. The van der Waals surface area contributed by atoms with E-state index < -0.39 is 0 Å². The number of halogens is 1. The SMILES string of the molecule is CN1CCN(c2ccc(Nc3nc(Nc4cccc(NC(=O)C5CC5)c4)c4cc[nH]c4[nH+]3)cc2F)CC1. The van der Waals surface area contributed by atoms with Crippen molar-refractivity contribution in [2.45, 2.75) is 12.8 Å². The van der Waals surface area contributed by atoms with Crippen molar-refractivity contribution in [2.75, 3.05) is 54.1 Å². The maximum Gasteiger partial charge on any atom is 0.351 e. The minimum Gasteiger partial charge on any atom is -0.367 e. The second kappa shape index (κ2) is 9.70. The highest BCUT2D eigenvalue weighted by Crippen LogP contribution is 2.31. The van der Waals surface area contributed by atoms with Crippen molar-refractivity contribution in [3.8, 4) is 0 Å². The lowest BCUT2D eigenvalue weighted by Gasteiger charge is -2.34. The molecule has 0 spiro atoms. The van der Waals surface area contributed by atoms with E-state index in [1.807, 2.05) is 48.7 Å². The van der Waals surface area contributed by atoms with Gasteiger partial charge in [-0.1, -0.05) is 11.1 Å². The molecule has 9 nitrogen and oxygen atoms in total. The van der Waals surface area contributed by atoms with Gasteiger partial charge >= 0.3 is 5.95 Å². The van der Waals surface area contributed by atoms with Gasteiger partial charge in [-0.25, -0.2) is 9.37 Å². The molecule has 2 aromatic carbocycles. The summed E-state index contributed by atoms with van der Waals surface area (Å²) in [6, 6.07) is 14.7. The number of anilines is 6. The van der Waals surface area contributed by atoms with Gasteiger partial charge in [-0.3, -0.25) is 15.1 Å². The smallest absolute Gasteiger partial charge is 0.351 e. The Morgan fingerprint density at radius 3 is 2.59 bits per heavy atom. The van der Waals surface area contributed by atoms with Crippen LogP contribution in [0.15, 0.2) is 54.7 Å². The molecule has 0 unspecified atom stereocenters. The summed E-state index contributed by atoms with van der Waals surface area (Å²) < 4.78 is 15.0. The molecule has 3 heterocycles. The van der Waals surface area contributed by atoms with E-state index in [0.29, 0.717) is 23.1 Å². The predicted octanol–water partition coefficient (Wildman–Crippen LogP) is 4.10. The summed E-state index contributed by atoms with van der Waals surface area (Å²) in [5.74, 6) is 1.02.